The molecule has 1 heterocycles. The van der Waals surface area contributed by atoms with Crippen LogP contribution in [0, 0.1) is 11.3 Å². The lowest BCUT2D eigenvalue weighted by molar-refractivity contribution is 0.0730. The lowest BCUT2D eigenvalue weighted by Crippen LogP contribution is -2.36. The molecule has 2 aromatic rings. The molecular weight excluding hydrogens is 288 g/mol. The zero-order valence-electron chi connectivity index (χ0n) is 13.4. The van der Waals surface area contributed by atoms with Crippen molar-refractivity contribution in [3.05, 3.63) is 65.5 Å². The lowest BCUT2D eigenvalue weighted by Gasteiger charge is -2.24. The molecule has 0 bridgehead atoms. The van der Waals surface area contributed by atoms with Crippen molar-refractivity contribution in [3.63, 3.8) is 0 Å². The number of nitrogens with zero attached hydrogens (tertiary/aromatic N) is 4. The predicted molar refractivity (Wildman–Crippen MR) is 88.7 cm³/mol. The van der Waals surface area contributed by atoms with Gasteiger partial charge in [-0.3, -0.25) is 9.78 Å². The first-order chi connectivity index (χ1) is 11.1. The van der Waals surface area contributed by atoms with Crippen LogP contribution in [0.1, 0.15) is 21.6 Å². The molecule has 0 N–H and O–H groups in total. The van der Waals surface area contributed by atoms with Crippen molar-refractivity contribution >= 4 is 5.91 Å². The van der Waals surface area contributed by atoms with Crippen LogP contribution in [0.25, 0.3) is 0 Å². The smallest absolute Gasteiger partial charge is 0.254 e. The molecule has 1 aromatic carbocycles. The van der Waals surface area contributed by atoms with Gasteiger partial charge < -0.3 is 9.80 Å². The van der Waals surface area contributed by atoms with Crippen molar-refractivity contribution in [3.8, 4) is 6.07 Å². The van der Waals surface area contributed by atoms with Gasteiger partial charge in [0.05, 0.1) is 23.9 Å². The molecule has 118 valence electrons. The van der Waals surface area contributed by atoms with Crippen molar-refractivity contribution in [1.82, 2.24) is 14.8 Å². The Hall–Kier alpha value is -2.71. The van der Waals surface area contributed by atoms with E-state index in [0.29, 0.717) is 24.2 Å². The highest BCUT2D eigenvalue weighted by atomic mass is 16.2. The lowest BCUT2D eigenvalue weighted by atomic mass is 10.1. The summed E-state index contributed by atoms with van der Waals surface area (Å²) in [6, 6.07) is 14.5. The topological polar surface area (TPSA) is 60.2 Å². The third kappa shape index (κ3) is 4.90. The molecule has 0 atom stereocenters. The second-order valence-corrected chi connectivity index (χ2v) is 5.54. The van der Waals surface area contributed by atoms with Crippen LogP contribution < -0.4 is 0 Å². The van der Waals surface area contributed by atoms with Gasteiger partial charge in [-0.1, -0.05) is 6.07 Å². The van der Waals surface area contributed by atoms with Gasteiger partial charge in [0.2, 0.25) is 0 Å². The monoisotopic (exact) mass is 308 g/mol. The molecule has 0 unspecified atom stereocenters. The fraction of sp³-hybridized carbons (Fsp3) is 0.278. The SMILES string of the molecule is CN(C)CCN(Cc1ccccn1)C(=O)c1ccc(C#N)cc1. The number of pyridine rings is 1. The van der Waals surface area contributed by atoms with Gasteiger partial charge in [0.25, 0.3) is 5.91 Å². The molecule has 2 rings (SSSR count). The molecule has 0 spiro atoms. The third-order valence-corrected chi connectivity index (χ3v) is 3.44. The highest BCUT2D eigenvalue weighted by Crippen LogP contribution is 2.10. The molecule has 1 aromatic heterocycles. The van der Waals surface area contributed by atoms with Crippen molar-refractivity contribution in [2.75, 3.05) is 27.2 Å². The molecule has 0 saturated heterocycles. The Kier molecular flexibility index (Phi) is 5.84. The zero-order valence-corrected chi connectivity index (χ0v) is 13.4. The normalized spacial score (nSPS) is 10.3. The van der Waals surface area contributed by atoms with Crippen molar-refractivity contribution < 1.29 is 4.79 Å². The summed E-state index contributed by atoms with van der Waals surface area (Å²) in [7, 11) is 3.95. The number of hydrogen-bond donors (Lipinski definition) is 0. The minimum absolute atomic E-state index is 0.0537. The Balaban J connectivity index is 2.17. The van der Waals surface area contributed by atoms with E-state index in [1.807, 2.05) is 37.2 Å². The predicted octanol–water partition coefficient (Wildman–Crippen LogP) is 2.16. The Labute approximate surface area is 136 Å². The van der Waals surface area contributed by atoms with E-state index >= 15 is 0 Å². The van der Waals surface area contributed by atoms with Crippen LogP contribution in [0.3, 0.4) is 0 Å². The number of likely N-dealkylation sites (N-methyl/N-ethyl adjacent to an activating group) is 1. The summed E-state index contributed by atoms with van der Waals surface area (Å²) in [5.41, 5.74) is 1.98. The van der Waals surface area contributed by atoms with E-state index in [1.165, 1.54) is 0 Å². The van der Waals surface area contributed by atoms with Gasteiger partial charge >= 0.3 is 0 Å². The van der Waals surface area contributed by atoms with Crippen LogP contribution in [0.2, 0.25) is 0 Å². The van der Waals surface area contributed by atoms with Crippen LogP contribution in [-0.4, -0.2) is 47.9 Å². The quantitative estimate of drug-likeness (QED) is 0.820. The summed E-state index contributed by atoms with van der Waals surface area (Å²) in [5.74, 6) is -0.0537. The zero-order chi connectivity index (χ0) is 16.7. The average molecular weight is 308 g/mol. The number of rotatable bonds is 6. The Bertz CT molecular complexity index is 674. The van der Waals surface area contributed by atoms with Crippen molar-refractivity contribution in [1.29, 1.82) is 5.26 Å². The summed E-state index contributed by atoms with van der Waals surface area (Å²) in [6.45, 7) is 1.85. The van der Waals surface area contributed by atoms with Gasteiger partial charge in [0.15, 0.2) is 0 Å². The van der Waals surface area contributed by atoms with Gasteiger partial charge in [-0.2, -0.15) is 5.26 Å². The van der Waals surface area contributed by atoms with Gasteiger partial charge in [-0.05, 0) is 50.5 Å². The Morgan fingerprint density at radius 3 is 2.43 bits per heavy atom. The summed E-state index contributed by atoms with van der Waals surface area (Å²) in [5, 5.41) is 8.86. The molecule has 0 aliphatic heterocycles. The third-order valence-electron chi connectivity index (χ3n) is 3.44. The maximum Gasteiger partial charge on any atom is 0.254 e. The molecular formula is C18H20N4O. The second kappa shape index (κ2) is 8.06. The van der Waals surface area contributed by atoms with Gasteiger partial charge in [0.1, 0.15) is 0 Å². The number of hydrogen-bond acceptors (Lipinski definition) is 4. The molecule has 0 radical (unpaired) electrons. The molecule has 1 amide bonds. The van der Waals surface area contributed by atoms with E-state index in [4.69, 9.17) is 5.26 Å². The fourth-order valence-corrected chi connectivity index (χ4v) is 2.13. The van der Waals surface area contributed by atoms with Gasteiger partial charge in [-0.15, -0.1) is 0 Å². The van der Waals surface area contributed by atoms with E-state index in [-0.39, 0.29) is 5.91 Å². The highest BCUT2D eigenvalue weighted by molar-refractivity contribution is 5.94. The molecule has 0 aliphatic rings. The second-order valence-electron chi connectivity index (χ2n) is 5.54. The number of nitriles is 1. The van der Waals surface area contributed by atoms with Crippen LogP contribution in [-0.2, 0) is 6.54 Å². The average Bonchev–Trinajstić information content (AvgIpc) is 2.59. The Morgan fingerprint density at radius 1 is 1.13 bits per heavy atom. The molecule has 5 heteroatoms. The highest BCUT2D eigenvalue weighted by Gasteiger charge is 2.16. The van der Waals surface area contributed by atoms with Crippen LogP contribution in [0.15, 0.2) is 48.7 Å². The largest absolute Gasteiger partial charge is 0.331 e. The van der Waals surface area contributed by atoms with Crippen molar-refractivity contribution in [2.45, 2.75) is 6.54 Å². The van der Waals surface area contributed by atoms with E-state index in [1.54, 1.807) is 35.4 Å². The minimum atomic E-state index is -0.0537. The first-order valence-corrected chi connectivity index (χ1v) is 7.44. The number of carbonyl (C=O) groups excluding carboxylic acids is 1. The first-order valence-electron chi connectivity index (χ1n) is 7.44. The fourth-order valence-electron chi connectivity index (χ4n) is 2.13. The number of amides is 1. The van der Waals surface area contributed by atoms with Crippen LogP contribution in [0.5, 0.6) is 0 Å². The molecule has 5 nitrogen and oxygen atoms in total. The number of benzene rings is 1. The summed E-state index contributed by atoms with van der Waals surface area (Å²) < 4.78 is 0. The van der Waals surface area contributed by atoms with E-state index in [0.717, 1.165) is 12.2 Å². The molecule has 0 saturated carbocycles. The standard InChI is InChI=1S/C18H20N4O/c1-21(2)11-12-22(14-17-5-3-4-10-20-17)18(23)16-8-6-15(13-19)7-9-16/h3-10H,11-12,14H2,1-2H3. The van der Waals surface area contributed by atoms with Crippen molar-refractivity contribution in [2.24, 2.45) is 0 Å². The molecule has 23 heavy (non-hydrogen) atoms. The van der Waals surface area contributed by atoms with Crippen LogP contribution >= 0.6 is 0 Å². The maximum absolute atomic E-state index is 12.8. The minimum Gasteiger partial charge on any atom is -0.331 e. The summed E-state index contributed by atoms with van der Waals surface area (Å²) in [4.78, 5) is 20.9. The molecule has 0 aliphatic carbocycles. The van der Waals surface area contributed by atoms with E-state index in [2.05, 4.69) is 11.1 Å². The van der Waals surface area contributed by atoms with E-state index < -0.39 is 0 Å². The Morgan fingerprint density at radius 2 is 1.87 bits per heavy atom. The summed E-state index contributed by atoms with van der Waals surface area (Å²) in [6.07, 6.45) is 1.73. The number of carbonyl (C=O) groups is 1. The molecule has 0 fully saturated rings. The van der Waals surface area contributed by atoms with E-state index in [9.17, 15) is 4.79 Å². The summed E-state index contributed by atoms with van der Waals surface area (Å²) >= 11 is 0. The first kappa shape index (κ1) is 16.7. The van der Waals surface area contributed by atoms with Gasteiger partial charge in [-0.25, -0.2) is 0 Å². The number of aromatic nitrogens is 1. The maximum atomic E-state index is 12.8. The van der Waals surface area contributed by atoms with Crippen LogP contribution in [0.4, 0.5) is 0 Å². The van der Waals surface area contributed by atoms with Gasteiger partial charge in [0, 0.05) is 24.8 Å².